The third-order valence-electron chi connectivity index (χ3n) is 5.25. The molecule has 1 saturated carbocycles. The number of benzene rings is 2. The number of nitrogens with one attached hydrogen (secondary N) is 1. The number of anilines is 1. The van der Waals surface area contributed by atoms with Gasteiger partial charge in [0, 0.05) is 18.0 Å². The molecule has 0 radical (unpaired) electrons. The topological polar surface area (TPSA) is 98.5 Å². The molecule has 9 heteroatoms. The molecule has 1 N–H and O–H groups in total. The van der Waals surface area contributed by atoms with Crippen LogP contribution in [0.25, 0.3) is 22.5 Å². The number of carbonyl (C=O) groups is 1. The van der Waals surface area contributed by atoms with Gasteiger partial charge in [-0.25, -0.2) is 0 Å². The van der Waals surface area contributed by atoms with E-state index in [1.165, 1.54) is 4.68 Å². The van der Waals surface area contributed by atoms with E-state index in [-0.39, 0.29) is 11.8 Å². The van der Waals surface area contributed by atoms with Crippen LogP contribution in [0.15, 0.2) is 48.5 Å². The molecule has 8 nitrogen and oxygen atoms in total. The fourth-order valence-electron chi connectivity index (χ4n) is 3.38. The molecular weight excluding hydrogens is 410 g/mol. The van der Waals surface area contributed by atoms with E-state index >= 15 is 0 Å². The molecular formula is C22H21N7OS. The lowest BCUT2D eigenvalue weighted by atomic mass is 9.98. The van der Waals surface area contributed by atoms with Gasteiger partial charge < -0.3 is 5.32 Å². The maximum atomic E-state index is 12.6. The van der Waals surface area contributed by atoms with Crippen LogP contribution in [0, 0.1) is 5.92 Å². The van der Waals surface area contributed by atoms with Gasteiger partial charge in [0.2, 0.25) is 5.13 Å². The van der Waals surface area contributed by atoms with Crippen molar-refractivity contribution in [2.75, 3.05) is 5.32 Å². The van der Waals surface area contributed by atoms with Gasteiger partial charge >= 0.3 is 0 Å². The highest BCUT2D eigenvalue weighted by Crippen LogP contribution is 2.34. The minimum atomic E-state index is -0.0286. The number of nitrogens with zero attached hydrogens (tertiary/aromatic N) is 6. The number of hydrogen-bond acceptors (Lipinski definition) is 8. The molecule has 0 unspecified atom stereocenters. The SMILES string of the molecule is CCc1nnc(NCc2ccc(-c3ccccc3-c3nnnn3C(=O)C3CC3)cc2)s1. The number of carbonyl (C=O) groups excluding carboxylic acids is 1. The molecule has 4 aromatic rings. The number of rotatable bonds is 7. The van der Waals surface area contributed by atoms with Crippen LogP contribution >= 0.6 is 11.3 Å². The van der Waals surface area contributed by atoms with E-state index in [9.17, 15) is 4.79 Å². The molecule has 2 aromatic carbocycles. The third kappa shape index (κ3) is 4.09. The van der Waals surface area contributed by atoms with Crippen LogP contribution in [0.3, 0.4) is 0 Å². The van der Waals surface area contributed by atoms with E-state index in [4.69, 9.17) is 0 Å². The normalized spacial score (nSPS) is 13.3. The molecule has 1 fully saturated rings. The highest BCUT2D eigenvalue weighted by Gasteiger charge is 2.33. The van der Waals surface area contributed by atoms with Crippen LogP contribution in [0.1, 0.15) is 35.1 Å². The molecule has 1 aliphatic rings. The Hall–Kier alpha value is -3.46. The second-order valence-corrected chi connectivity index (χ2v) is 8.54. The Balaban J connectivity index is 1.38. The Morgan fingerprint density at radius 2 is 1.84 bits per heavy atom. The van der Waals surface area contributed by atoms with E-state index in [2.05, 4.69) is 62.2 Å². The van der Waals surface area contributed by atoms with E-state index in [0.717, 1.165) is 51.7 Å². The van der Waals surface area contributed by atoms with Crippen molar-refractivity contribution < 1.29 is 4.79 Å². The zero-order valence-electron chi connectivity index (χ0n) is 17.0. The molecule has 2 heterocycles. The van der Waals surface area contributed by atoms with Gasteiger partial charge in [0.1, 0.15) is 5.01 Å². The summed E-state index contributed by atoms with van der Waals surface area (Å²) < 4.78 is 1.35. The largest absolute Gasteiger partial charge is 0.356 e. The molecule has 0 bridgehead atoms. The Bertz CT molecular complexity index is 1210. The van der Waals surface area contributed by atoms with Gasteiger partial charge in [0.15, 0.2) is 5.82 Å². The smallest absolute Gasteiger partial charge is 0.253 e. The fourth-order valence-corrected chi connectivity index (χ4v) is 4.06. The van der Waals surface area contributed by atoms with Crippen molar-refractivity contribution in [3.63, 3.8) is 0 Å². The van der Waals surface area contributed by atoms with Crippen molar-refractivity contribution in [3.05, 3.63) is 59.1 Å². The monoisotopic (exact) mass is 431 g/mol. The lowest BCUT2D eigenvalue weighted by Crippen LogP contribution is -2.16. The summed E-state index contributed by atoms with van der Waals surface area (Å²) in [7, 11) is 0. The van der Waals surface area contributed by atoms with Gasteiger partial charge in [0.25, 0.3) is 5.91 Å². The lowest BCUT2D eigenvalue weighted by Gasteiger charge is -2.10. The summed E-state index contributed by atoms with van der Waals surface area (Å²) in [5.41, 5.74) is 4.01. The van der Waals surface area contributed by atoms with Crippen molar-refractivity contribution >= 4 is 22.4 Å². The minimum Gasteiger partial charge on any atom is -0.356 e. The van der Waals surface area contributed by atoms with Gasteiger partial charge in [-0.2, -0.15) is 4.68 Å². The predicted octanol–water partition coefficient (Wildman–Crippen LogP) is 4.08. The Morgan fingerprint density at radius 3 is 2.55 bits per heavy atom. The van der Waals surface area contributed by atoms with Gasteiger partial charge in [-0.1, -0.05) is 66.8 Å². The molecule has 2 aromatic heterocycles. The van der Waals surface area contributed by atoms with Crippen LogP contribution in [-0.4, -0.2) is 36.3 Å². The van der Waals surface area contributed by atoms with Gasteiger partial charge in [-0.15, -0.1) is 15.3 Å². The summed E-state index contributed by atoms with van der Waals surface area (Å²) in [5, 5.41) is 25.3. The maximum Gasteiger partial charge on any atom is 0.253 e. The van der Waals surface area contributed by atoms with E-state index in [1.807, 2.05) is 24.3 Å². The van der Waals surface area contributed by atoms with Crippen molar-refractivity contribution in [1.82, 2.24) is 30.4 Å². The average Bonchev–Trinajstić information content (AvgIpc) is 3.37. The summed E-state index contributed by atoms with van der Waals surface area (Å²) in [6.07, 6.45) is 2.71. The predicted molar refractivity (Wildman–Crippen MR) is 119 cm³/mol. The average molecular weight is 432 g/mol. The summed E-state index contributed by atoms with van der Waals surface area (Å²) in [6, 6.07) is 16.2. The van der Waals surface area contributed by atoms with Crippen molar-refractivity contribution in [1.29, 1.82) is 0 Å². The minimum absolute atomic E-state index is 0.0286. The standard InChI is InChI=1S/C22H21N7OS/c1-2-19-24-26-22(31-19)23-13-14-7-9-15(10-8-14)17-5-3-4-6-18(17)20-25-27-28-29(20)21(30)16-11-12-16/h3-10,16H,2,11-13H2,1H3,(H,23,26). The Labute approximate surface area is 183 Å². The van der Waals surface area contributed by atoms with Crippen molar-refractivity contribution in [3.8, 4) is 22.5 Å². The zero-order chi connectivity index (χ0) is 21.2. The molecule has 0 aliphatic heterocycles. The summed E-state index contributed by atoms with van der Waals surface area (Å²) in [5.74, 6) is 0.503. The Morgan fingerprint density at radius 1 is 1.06 bits per heavy atom. The molecule has 0 saturated heterocycles. The molecule has 1 aliphatic carbocycles. The van der Waals surface area contributed by atoms with Crippen molar-refractivity contribution in [2.45, 2.75) is 32.7 Å². The van der Waals surface area contributed by atoms with E-state index in [0.29, 0.717) is 12.4 Å². The summed E-state index contributed by atoms with van der Waals surface area (Å²) in [4.78, 5) is 12.6. The zero-order valence-corrected chi connectivity index (χ0v) is 17.8. The third-order valence-corrected chi connectivity index (χ3v) is 6.28. The van der Waals surface area contributed by atoms with E-state index in [1.54, 1.807) is 11.3 Å². The lowest BCUT2D eigenvalue weighted by molar-refractivity contribution is 0.0870. The molecule has 31 heavy (non-hydrogen) atoms. The van der Waals surface area contributed by atoms with Crippen LogP contribution in [0.4, 0.5) is 5.13 Å². The number of tetrazole rings is 1. The number of aryl methyl sites for hydroxylation is 1. The molecule has 156 valence electrons. The van der Waals surface area contributed by atoms with Crippen LogP contribution in [-0.2, 0) is 13.0 Å². The summed E-state index contributed by atoms with van der Waals surface area (Å²) in [6.45, 7) is 2.75. The van der Waals surface area contributed by atoms with E-state index < -0.39 is 0 Å². The van der Waals surface area contributed by atoms with Crippen LogP contribution in [0.2, 0.25) is 0 Å². The van der Waals surface area contributed by atoms with Crippen LogP contribution < -0.4 is 5.32 Å². The second kappa shape index (κ2) is 8.35. The maximum absolute atomic E-state index is 12.6. The number of hydrogen-bond donors (Lipinski definition) is 1. The fraction of sp³-hybridized carbons (Fsp3) is 0.273. The molecule has 0 amide bonds. The molecule has 0 atom stereocenters. The van der Waals surface area contributed by atoms with Crippen LogP contribution in [0.5, 0.6) is 0 Å². The van der Waals surface area contributed by atoms with Gasteiger partial charge in [0.05, 0.1) is 0 Å². The highest BCUT2D eigenvalue weighted by molar-refractivity contribution is 7.15. The summed E-state index contributed by atoms with van der Waals surface area (Å²) >= 11 is 1.58. The molecule has 5 rings (SSSR count). The first kappa shape index (κ1) is 19.5. The van der Waals surface area contributed by atoms with Gasteiger partial charge in [-0.05, 0) is 46.4 Å². The Kier molecular flexibility index (Phi) is 5.25. The first-order chi connectivity index (χ1) is 15.2. The number of aromatic nitrogens is 6. The first-order valence-electron chi connectivity index (χ1n) is 10.3. The highest BCUT2D eigenvalue weighted by atomic mass is 32.1. The first-order valence-corrected chi connectivity index (χ1v) is 11.1. The molecule has 0 spiro atoms. The quantitative estimate of drug-likeness (QED) is 0.440. The van der Waals surface area contributed by atoms with Crippen molar-refractivity contribution in [2.24, 2.45) is 5.92 Å². The van der Waals surface area contributed by atoms with Gasteiger partial charge in [-0.3, -0.25) is 4.79 Å². The second-order valence-electron chi connectivity index (χ2n) is 7.48.